The summed E-state index contributed by atoms with van der Waals surface area (Å²) in [5, 5.41) is 21.2. The van der Waals surface area contributed by atoms with E-state index in [0.717, 1.165) is 11.1 Å². The van der Waals surface area contributed by atoms with E-state index in [4.69, 9.17) is 0 Å². The Kier molecular flexibility index (Phi) is 10.3. The number of aromatic carboxylic acids is 2. The zero-order valence-electron chi connectivity index (χ0n) is 14.9. The summed E-state index contributed by atoms with van der Waals surface area (Å²) >= 11 is 0. The molecule has 0 saturated heterocycles. The van der Waals surface area contributed by atoms with Gasteiger partial charge in [0.2, 0.25) is 0 Å². The number of carboxylic acid groups (broad SMARTS) is 2. The first-order valence-electron chi connectivity index (χ1n) is 7.86. The van der Waals surface area contributed by atoms with E-state index in [2.05, 4.69) is 0 Å². The van der Waals surface area contributed by atoms with Crippen molar-refractivity contribution in [3.05, 3.63) is 70.8 Å². The molecule has 0 aliphatic carbocycles. The molecular weight excluding hydrogens is 511 g/mol. The summed E-state index contributed by atoms with van der Waals surface area (Å²) in [7, 11) is 0. The molecule has 0 amide bonds. The number of carboxylic acids is 2. The predicted molar refractivity (Wildman–Crippen MR) is 95.5 cm³/mol. The molecule has 5 heteroatoms. The van der Waals surface area contributed by atoms with Crippen molar-refractivity contribution in [2.75, 3.05) is 0 Å². The molecule has 2 aromatic carbocycles. The van der Waals surface area contributed by atoms with E-state index >= 15 is 0 Å². The fraction of sp³-hybridized carbons (Fsp3) is 0.300. The molecule has 130 valence electrons. The molecule has 0 N–H and O–H groups in total. The second kappa shape index (κ2) is 11.0. The summed E-state index contributed by atoms with van der Waals surface area (Å²) < 4.78 is 0. The third-order valence-corrected chi connectivity index (χ3v) is 3.61. The van der Waals surface area contributed by atoms with Gasteiger partial charge in [-0.2, -0.15) is 0 Å². The maximum atomic E-state index is 10.6. The maximum Gasteiger partial charge on any atom is 2.00 e. The molecule has 0 bridgehead atoms. The van der Waals surface area contributed by atoms with Crippen LogP contribution in [-0.2, 0) is 0 Å². The quantitative estimate of drug-likeness (QED) is 0.563. The molecule has 0 fully saturated rings. The Labute approximate surface area is 169 Å². The van der Waals surface area contributed by atoms with Crippen molar-refractivity contribution < 1.29 is 19.8 Å². The van der Waals surface area contributed by atoms with Gasteiger partial charge in [-0.3, -0.25) is 0 Å². The van der Waals surface area contributed by atoms with Crippen LogP contribution in [0.1, 0.15) is 71.4 Å². The van der Waals surface area contributed by atoms with Crippen LogP contribution >= 0.6 is 0 Å². The Morgan fingerprint density at radius 2 is 0.960 bits per heavy atom. The minimum atomic E-state index is -1.10. The van der Waals surface area contributed by atoms with Crippen LogP contribution in [-0.4, -0.2) is 39.2 Å². The Balaban J connectivity index is 0.000000443. The summed E-state index contributed by atoms with van der Waals surface area (Å²) in [5.41, 5.74) is 2.26. The van der Waals surface area contributed by atoms with Crippen LogP contribution in [0.15, 0.2) is 48.5 Å². The summed E-state index contributed by atoms with van der Waals surface area (Å²) in [4.78, 5) is 21.2. The summed E-state index contributed by atoms with van der Waals surface area (Å²) in [6.45, 7) is 7.84. The van der Waals surface area contributed by atoms with Crippen molar-refractivity contribution in [3.63, 3.8) is 0 Å². The molecule has 0 aromatic heterocycles. The molecule has 0 aliphatic rings. The standard InChI is InChI=1S/2C10H12O2.Pb/c2*1-7(2)8-5-3-4-6-9(8)10(11)12;/h2*3-7H,1-2H3,(H,11,12);/q;;+2/p-2. The van der Waals surface area contributed by atoms with Gasteiger partial charge in [-0.1, -0.05) is 76.2 Å². The number of carbonyl (C=O) groups is 2. The number of rotatable bonds is 4. The molecule has 0 spiro atoms. The third kappa shape index (κ3) is 6.98. The molecule has 2 aromatic rings. The molecule has 4 nitrogen and oxygen atoms in total. The van der Waals surface area contributed by atoms with E-state index in [1.54, 1.807) is 24.3 Å². The van der Waals surface area contributed by atoms with Crippen molar-refractivity contribution in [1.82, 2.24) is 0 Å². The van der Waals surface area contributed by atoms with Gasteiger partial charge < -0.3 is 19.8 Å². The van der Waals surface area contributed by atoms with E-state index in [1.165, 1.54) is 0 Å². The first kappa shape index (κ1) is 23.3. The van der Waals surface area contributed by atoms with Crippen LogP contribution in [0.3, 0.4) is 0 Å². The normalized spacial score (nSPS) is 9.84. The molecule has 0 heterocycles. The fourth-order valence-electron chi connectivity index (χ4n) is 2.37. The summed E-state index contributed by atoms with van der Waals surface area (Å²) in [5.74, 6) is -1.75. The molecular formula is C20H22O4Pb. The second-order valence-corrected chi connectivity index (χ2v) is 6.06. The largest absolute Gasteiger partial charge is 2.00 e. The van der Waals surface area contributed by atoms with Crippen molar-refractivity contribution in [2.24, 2.45) is 0 Å². The van der Waals surface area contributed by atoms with Gasteiger partial charge >= 0.3 is 27.3 Å². The zero-order chi connectivity index (χ0) is 18.3. The van der Waals surface area contributed by atoms with E-state index < -0.39 is 11.9 Å². The number of hydrogen-bond acceptors (Lipinski definition) is 4. The van der Waals surface area contributed by atoms with E-state index in [1.807, 2.05) is 52.0 Å². The Morgan fingerprint density at radius 1 is 0.680 bits per heavy atom. The molecule has 0 atom stereocenters. The molecule has 0 aliphatic heterocycles. The van der Waals surface area contributed by atoms with Crippen LogP contribution in [0.4, 0.5) is 0 Å². The summed E-state index contributed by atoms with van der Waals surface area (Å²) in [6.07, 6.45) is 0. The van der Waals surface area contributed by atoms with Crippen LogP contribution in [0.25, 0.3) is 0 Å². The second-order valence-electron chi connectivity index (χ2n) is 6.06. The van der Waals surface area contributed by atoms with Crippen molar-refractivity contribution in [2.45, 2.75) is 39.5 Å². The van der Waals surface area contributed by atoms with Gasteiger partial charge in [0.05, 0.1) is 11.9 Å². The SMILES string of the molecule is CC(C)c1ccccc1C(=O)[O-].CC(C)c1ccccc1C(=O)[O-].[Pb+2]. The van der Waals surface area contributed by atoms with Crippen molar-refractivity contribution in [1.29, 1.82) is 0 Å². The predicted octanol–water partition coefficient (Wildman–Crippen LogP) is 1.97. The smallest absolute Gasteiger partial charge is 0.545 e. The molecule has 0 unspecified atom stereocenters. The van der Waals surface area contributed by atoms with Gasteiger partial charge in [0, 0.05) is 11.1 Å². The maximum absolute atomic E-state index is 10.6. The number of benzene rings is 2. The van der Waals surface area contributed by atoms with Crippen LogP contribution < -0.4 is 10.2 Å². The molecule has 2 radical (unpaired) electrons. The van der Waals surface area contributed by atoms with Gasteiger partial charge in [-0.15, -0.1) is 0 Å². The van der Waals surface area contributed by atoms with Crippen LogP contribution in [0.2, 0.25) is 0 Å². The summed E-state index contributed by atoms with van der Waals surface area (Å²) in [6, 6.07) is 13.9. The Bertz CT molecular complexity index is 647. The van der Waals surface area contributed by atoms with Gasteiger partial charge in [0.1, 0.15) is 0 Å². The van der Waals surface area contributed by atoms with Gasteiger partial charge in [-0.25, -0.2) is 0 Å². The Morgan fingerprint density at radius 3 is 1.16 bits per heavy atom. The molecule has 0 saturated carbocycles. The first-order chi connectivity index (χ1) is 11.3. The van der Waals surface area contributed by atoms with E-state index in [-0.39, 0.29) is 39.1 Å². The van der Waals surface area contributed by atoms with Gasteiger partial charge in [0.25, 0.3) is 0 Å². The zero-order valence-corrected chi connectivity index (χ0v) is 18.8. The van der Waals surface area contributed by atoms with Crippen LogP contribution in [0.5, 0.6) is 0 Å². The van der Waals surface area contributed by atoms with Gasteiger partial charge in [0.15, 0.2) is 0 Å². The van der Waals surface area contributed by atoms with Crippen molar-refractivity contribution in [3.8, 4) is 0 Å². The van der Waals surface area contributed by atoms with Gasteiger partial charge in [-0.05, 0) is 23.0 Å². The first-order valence-corrected chi connectivity index (χ1v) is 7.86. The number of hydrogen-bond donors (Lipinski definition) is 0. The minimum Gasteiger partial charge on any atom is -0.545 e. The number of carbonyl (C=O) groups excluding carboxylic acids is 2. The molecule has 25 heavy (non-hydrogen) atoms. The minimum absolute atomic E-state index is 0. The Hall–Kier alpha value is -1.70. The van der Waals surface area contributed by atoms with E-state index in [9.17, 15) is 19.8 Å². The van der Waals surface area contributed by atoms with E-state index in [0.29, 0.717) is 11.1 Å². The average Bonchev–Trinajstić information content (AvgIpc) is 2.55. The third-order valence-electron chi connectivity index (χ3n) is 3.61. The van der Waals surface area contributed by atoms with Crippen LogP contribution in [0, 0.1) is 0 Å². The topological polar surface area (TPSA) is 80.3 Å². The molecule has 2 rings (SSSR count). The average molecular weight is 534 g/mol. The van der Waals surface area contributed by atoms with Crippen molar-refractivity contribution >= 4 is 39.2 Å². The fourth-order valence-corrected chi connectivity index (χ4v) is 2.37. The monoisotopic (exact) mass is 534 g/mol.